The van der Waals surface area contributed by atoms with Gasteiger partial charge in [0.1, 0.15) is 0 Å². The minimum absolute atomic E-state index is 0.0878. The second-order valence-electron chi connectivity index (χ2n) is 13.8. The number of benzene rings is 8. The van der Waals surface area contributed by atoms with E-state index in [-0.39, 0.29) is 5.41 Å². The van der Waals surface area contributed by atoms with Crippen LogP contribution < -0.4 is 4.90 Å². The molecule has 1 aliphatic carbocycles. The topological polar surface area (TPSA) is 3.24 Å². The van der Waals surface area contributed by atoms with E-state index in [0.717, 1.165) is 17.1 Å². The van der Waals surface area contributed by atoms with Crippen LogP contribution in [0.2, 0.25) is 0 Å². The third-order valence-corrected chi connectivity index (χ3v) is 10.6. The number of fused-ring (bicyclic) bond motifs is 5. The molecule has 0 aliphatic heterocycles. The number of aryl methyl sites for hydroxylation is 1. The molecule has 234 valence electrons. The first-order chi connectivity index (χ1) is 24.0. The van der Waals surface area contributed by atoms with Crippen molar-refractivity contribution >= 4 is 38.6 Å². The summed E-state index contributed by atoms with van der Waals surface area (Å²) in [6, 6.07) is 62.4. The van der Waals surface area contributed by atoms with Crippen LogP contribution in [0, 0.1) is 6.92 Å². The van der Waals surface area contributed by atoms with Crippen LogP contribution >= 0.6 is 0 Å². The third-order valence-electron chi connectivity index (χ3n) is 10.6. The molecule has 0 spiro atoms. The van der Waals surface area contributed by atoms with E-state index in [4.69, 9.17) is 0 Å². The van der Waals surface area contributed by atoms with Crippen molar-refractivity contribution < 1.29 is 0 Å². The Bertz CT molecular complexity index is 2520. The fraction of sp³-hybridized carbons (Fsp3) is 0.0833. The Kier molecular flexibility index (Phi) is 6.78. The van der Waals surface area contributed by atoms with Gasteiger partial charge >= 0.3 is 0 Å². The summed E-state index contributed by atoms with van der Waals surface area (Å²) in [6.45, 7) is 6.97. The molecule has 0 unspecified atom stereocenters. The number of hydrogen-bond acceptors (Lipinski definition) is 1. The Morgan fingerprint density at radius 2 is 1.04 bits per heavy atom. The van der Waals surface area contributed by atoms with E-state index in [1.807, 2.05) is 0 Å². The Morgan fingerprint density at radius 1 is 0.408 bits per heavy atom. The highest BCUT2D eigenvalue weighted by Gasteiger charge is 2.36. The van der Waals surface area contributed by atoms with E-state index < -0.39 is 0 Å². The van der Waals surface area contributed by atoms with Crippen LogP contribution in [-0.2, 0) is 5.41 Å². The highest BCUT2D eigenvalue weighted by molar-refractivity contribution is 6.04. The zero-order chi connectivity index (χ0) is 33.1. The minimum Gasteiger partial charge on any atom is -0.310 e. The van der Waals surface area contributed by atoms with Crippen LogP contribution in [0.3, 0.4) is 0 Å². The molecule has 0 bridgehead atoms. The molecular formula is C48H37N. The molecular weight excluding hydrogens is 591 g/mol. The zero-order valence-corrected chi connectivity index (χ0v) is 28.1. The maximum absolute atomic E-state index is 2.43. The smallest absolute Gasteiger partial charge is 0.0468 e. The van der Waals surface area contributed by atoms with Crippen molar-refractivity contribution in [2.24, 2.45) is 0 Å². The largest absolute Gasteiger partial charge is 0.310 e. The molecule has 0 saturated heterocycles. The number of hydrogen-bond donors (Lipinski definition) is 0. The molecule has 1 heteroatoms. The van der Waals surface area contributed by atoms with Gasteiger partial charge in [-0.2, -0.15) is 0 Å². The molecule has 0 radical (unpaired) electrons. The number of rotatable bonds is 5. The van der Waals surface area contributed by atoms with Crippen LogP contribution in [0.25, 0.3) is 54.9 Å². The van der Waals surface area contributed by atoms with Gasteiger partial charge in [0.05, 0.1) is 0 Å². The third kappa shape index (κ3) is 4.77. The van der Waals surface area contributed by atoms with Gasteiger partial charge in [0.2, 0.25) is 0 Å². The molecule has 8 aromatic carbocycles. The molecule has 0 amide bonds. The second kappa shape index (κ2) is 11.4. The summed E-state index contributed by atoms with van der Waals surface area (Å²) in [5.41, 5.74) is 15.1. The highest BCUT2D eigenvalue weighted by Crippen LogP contribution is 2.52. The van der Waals surface area contributed by atoms with E-state index in [0.29, 0.717) is 0 Å². The average Bonchev–Trinajstić information content (AvgIpc) is 3.38. The standard InChI is InChI=1S/C48H37N/c1-32-12-11-19-44-46(32)43-29-27-40(31-45(43)48(44,2)3)49(39-26-20-33-13-7-8-17-37(33)30-39)38-24-21-35(22-25-38)42-28-23-34-14-9-10-18-41(34)47(42)36-15-5-4-6-16-36/h4-31H,1-3H3. The summed E-state index contributed by atoms with van der Waals surface area (Å²) >= 11 is 0. The summed E-state index contributed by atoms with van der Waals surface area (Å²) in [5, 5.41) is 4.99. The molecule has 8 aromatic rings. The van der Waals surface area contributed by atoms with Crippen molar-refractivity contribution in [2.75, 3.05) is 4.90 Å². The van der Waals surface area contributed by atoms with Crippen LogP contribution in [-0.4, -0.2) is 0 Å². The summed E-state index contributed by atoms with van der Waals surface area (Å²) in [6.07, 6.45) is 0. The molecule has 0 N–H and O–H groups in total. The molecule has 0 heterocycles. The van der Waals surface area contributed by atoms with E-state index in [1.54, 1.807) is 0 Å². The van der Waals surface area contributed by atoms with Gasteiger partial charge in [0, 0.05) is 22.5 Å². The van der Waals surface area contributed by atoms with E-state index in [9.17, 15) is 0 Å². The van der Waals surface area contributed by atoms with Gasteiger partial charge in [-0.15, -0.1) is 0 Å². The lowest BCUT2D eigenvalue weighted by Crippen LogP contribution is -2.16. The summed E-state index contributed by atoms with van der Waals surface area (Å²) in [5.74, 6) is 0. The lowest BCUT2D eigenvalue weighted by Gasteiger charge is -2.28. The van der Waals surface area contributed by atoms with Crippen molar-refractivity contribution in [3.63, 3.8) is 0 Å². The Balaban J connectivity index is 1.20. The van der Waals surface area contributed by atoms with Crippen molar-refractivity contribution in [1.82, 2.24) is 0 Å². The molecule has 49 heavy (non-hydrogen) atoms. The Hall–Kier alpha value is -5.92. The van der Waals surface area contributed by atoms with Crippen LogP contribution in [0.4, 0.5) is 17.1 Å². The fourth-order valence-electron chi connectivity index (χ4n) is 8.08. The fourth-order valence-corrected chi connectivity index (χ4v) is 8.08. The molecule has 0 saturated carbocycles. The van der Waals surface area contributed by atoms with Gasteiger partial charge in [0.15, 0.2) is 0 Å². The lowest BCUT2D eigenvalue weighted by atomic mass is 9.82. The highest BCUT2D eigenvalue weighted by atomic mass is 15.1. The maximum atomic E-state index is 2.43. The predicted octanol–water partition coefficient (Wildman–Crippen LogP) is 13.4. The summed E-state index contributed by atoms with van der Waals surface area (Å²) in [7, 11) is 0. The lowest BCUT2D eigenvalue weighted by molar-refractivity contribution is 0.660. The SMILES string of the molecule is Cc1cccc2c1-c1ccc(N(c3ccc(-c4ccc5ccccc5c4-c4ccccc4)cc3)c3ccc4ccccc4c3)cc1C2(C)C. The van der Waals surface area contributed by atoms with Crippen molar-refractivity contribution in [2.45, 2.75) is 26.2 Å². The first kappa shape index (κ1) is 29.2. The van der Waals surface area contributed by atoms with Crippen molar-refractivity contribution in [3.8, 4) is 33.4 Å². The van der Waals surface area contributed by atoms with Crippen molar-refractivity contribution in [1.29, 1.82) is 0 Å². The van der Waals surface area contributed by atoms with Gasteiger partial charge in [-0.25, -0.2) is 0 Å². The van der Waals surface area contributed by atoms with Gasteiger partial charge < -0.3 is 4.90 Å². The van der Waals surface area contributed by atoms with Crippen LogP contribution in [0.1, 0.15) is 30.5 Å². The summed E-state index contributed by atoms with van der Waals surface area (Å²) in [4.78, 5) is 2.42. The monoisotopic (exact) mass is 627 g/mol. The summed E-state index contributed by atoms with van der Waals surface area (Å²) < 4.78 is 0. The van der Waals surface area contributed by atoms with Gasteiger partial charge in [-0.05, 0) is 115 Å². The zero-order valence-electron chi connectivity index (χ0n) is 28.1. The van der Waals surface area contributed by atoms with Crippen LogP contribution in [0.5, 0.6) is 0 Å². The number of anilines is 3. The van der Waals surface area contributed by atoms with E-state index in [1.165, 1.54) is 71.6 Å². The molecule has 0 fully saturated rings. The second-order valence-corrected chi connectivity index (χ2v) is 13.8. The predicted molar refractivity (Wildman–Crippen MR) is 209 cm³/mol. The normalized spacial score (nSPS) is 13.0. The first-order valence-electron chi connectivity index (χ1n) is 17.2. The first-order valence-corrected chi connectivity index (χ1v) is 17.2. The molecule has 0 atom stereocenters. The molecule has 1 nitrogen and oxygen atoms in total. The quantitative estimate of drug-likeness (QED) is 0.183. The Morgan fingerprint density at radius 3 is 1.86 bits per heavy atom. The molecule has 1 aliphatic rings. The van der Waals surface area contributed by atoms with E-state index >= 15 is 0 Å². The average molecular weight is 628 g/mol. The van der Waals surface area contributed by atoms with Gasteiger partial charge in [0.25, 0.3) is 0 Å². The van der Waals surface area contributed by atoms with Gasteiger partial charge in [-0.1, -0.05) is 147 Å². The Labute approximate surface area is 288 Å². The number of nitrogens with zero attached hydrogens (tertiary/aromatic N) is 1. The van der Waals surface area contributed by atoms with Gasteiger partial charge in [-0.3, -0.25) is 0 Å². The van der Waals surface area contributed by atoms with Crippen molar-refractivity contribution in [3.05, 3.63) is 187 Å². The van der Waals surface area contributed by atoms with E-state index in [2.05, 4.69) is 196 Å². The van der Waals surface area contributed by atoms with Crippen LogP contribution in [0.15, 0.2) is 170 Å². The minimum atomic E-state index is -0.0878. The molecule has 0 aromatic heterocycles. The molecule has 9 rings (SSSR count). The maximum Gasteiger partial charge on any atom is 0.0468 e.